The molecule has 2 aromatic rings. The van der Waals surface area contributed by atoms with Gasteiger partial charge in [-0.2, -0.15) is 4.98 Å². The smallest absolute Gasteiger partial charge is 0.332 e. The average Bonchev–Trinajstić information content (AvgIpc) is 2.75. The Morgan fingerprint density at radius 2 is 1.95 bits per heavy atom. The molecule has 1 fully saturated rings. The predicted molar refractivity (Wildman–Crippen MR) is 72.5 cm³/mol. The molecule has 0 spiro atoms. The van der Waals surface area contributed by atoms with E-state index in [1.54, 1.807) is 7.05 Å². The molecule has 102 valence electrons. The second kappa shape index (κ2) is 3.72. The first-order chi connectivity index (χ1) is 8.91. The van der Waals surface area contributed by atoms with Crippen molar-refractivity contribution in [3.63, 3.8) is 0 Å². The summed E-state index contributed by atoms with van der Waals surface area (Å²) in [4.78, 5) is 31.1. The molecule has 0 unspecified atom stereocenters. The minimum absolute atomic E-state index is 0.0397. The molecule has 0 saturated heterocycles. The van der Waals surface area contributed by atoms with Crippen molar-refractivity contribution in [3.05, 3.63) is 20.8 Å². The minimum Gasteiger partial charge on any atom is -0.351 e. The van der Waals surface area contributed by atoms with Gasteiger partial charge in [0.2, 0.25) is 5.95 Å². The first kappa shape index (κ1) is 12.0. The van der Waals surface area contributed by atoms with E-state index < -0.39 is 0 Å². The van der Waals surface area contributed by atoms with Crippen LogP contribution in [-0.4, -0.2) is 24.6 Å². The molecule has 0 aliphatic heterocycles. The molecular formula is C12H17N5O2. The SMILES string of the molecule is Cn1c(=O)c2[nH]c(NC3(C)CCC3)nc2n(C)c1=O. The van der Waals surface area contributed by atoms with E-state index in [2.05, 4.69) is 22.2 Å². The Morgan fingerprint density at radius 1 is 1.26 bits per heavy atom. The van der Waals surface area contributed by atoms with Crippen LogP contribution in [-0.2, 0) is 14.1 Å². The van der Waals surface area contributed by atoms with Crippen molar-refractivity contribution in [2.45, 2.75) is 31.7 Å². The number of aryl methyl sites for hydroxylation is 1. The highest BCUT2D eigenvalue weighted by Crippen LogP contribution is 2.33. The normalized spacial score (nSPS) is 17.4. The van der Waals surface area contributed by atoms with Gasteiger partial charge in [0.15, 0.2) is 11.2 Å². The Labute approximate surface area is 109 Å². The summed E-state index contributed by atoms with van der Waals surface area (Å²) in [5.41, 5.74) is 0.0641. The summed E-state index contributed by atoms with van der Waals surface area (Å²) < 4.78 is 2.46. The lowest BCUT2D eigenvalue weighted by molar-refractivity contribution is 0.305. The molecule has 0 amide bonds. The number of H-pyrrole nitrogens is 1. The largest absolute Gasteiger partial charge is 0.351 e. The minimum atomic E-state index is -0.370. The number of rotatable bonds is 2. The van der Waals surface area contributed by atoms with Crippen LogP contribution in [0.25, 0.3) is 11.2 Å². The van der Waals surface area contributed by atoms with E-state index in [-0.39, 0.29) is 16.8 Å². The third-order valence-electron chi connectivity index (χ3n) is 3.97. The summed E-state index contributed by atoms with van der Waals surface area (Å²) in [5.74, 6) is 0.551. The van der Waals surface area contributed by atoms with Gasteiger partial charge < -0.3 is 10.3 Å². The zero-order valence-electron chi connectivity index (χ0n) is 11.3. The zero-order valence-corrected chi connectivity index (χ0v) is 11.3. The van der Waals surface area contributed by atoms with Gasteiger partial charge in [0.1, 0.15) is 0 Å². The third kappa shape index (κ3) is 1.68. The number of imidazole rings is 1. The Balaban J connectivity index is 2.16. The molecule has 1 aliphatic carbocycles. The average molecular weight is 263 g/mol. The monoisotopic (exact) mass is 263 g/mol. The number of fused-ring (bicyclic) bond motifs is 1. The number of hydrogen-bond acceptors (Lipinski definition) is 4. The Bertz CT molecular complexity index is 763. The van der Waals surface area contributed by atoms with Gasteiger partial charge in [0, 0.05) is 19.6 Å². The third-order valence-corrected chi connectivity index (χ3v) is 3.97. The maximum Gasteiger partial charge on any atom is 0.332 e. The van der Waals surface area contributed by atoms with Crippen LogP contribution in [0.1, 0.15) is 26.2 Å². The highest BCUT2D eigenvalue weighted by molar-refractivity contribution is 5.72. The number of nitrogens with one attached hydrogen (secondary N) is 2. The van der Waals surface area contributed by atoms with Crippen LogP contribution in [0.5, 0.6) is 0 Å². The number of hydrogen-bond donors (Lipinski definition) is 2. The Morgan fingerprint density at radius 3 is 2.53 bits per heavy atom. The van der Waals surface area contributed by atoms with E-state index in [4.69, 9.17) is 0 Å². The molecule has 7 heteroatoms. The van der Waals surface area contributed by atoms with Crippen LogP contribution in [0.4, 0.5) is 5.95 Å². The predicted octanol–water partition coefficient (Wildman–Crippen LogP) is 0.315. The quantitative estimate of drug-likeness (QED) is 0.817. The van der Waals surface area contributed by atoms with Gasteiger partial charge in [-0.25, -0.2) is 4.79 Å². The fourth-order valence-corrected chi connectivity index (χ4v) is 2.50. The van der Waals surface area contributed by atoms with Crippen LogP contribution in [0, 0.1) is 0 Å². The van der Waals surface area contributed by atoms with Crippen LogP contribution < -0.4 is 16.6 Å². The van der Waals surface area contributed by atoms with Crippen molar-refractivity contribution in [2.75, 3.05) is 5.32 Å². The molecule has 0 aromatic carbocycles. The fraction of sp³-hybridized carbons (Fsp3) is 0.583. The van der Waals surface area contributed by atoms with Crippen LogP contribution in [0.15, 0.2) is 9.59 Å². The van der Waals surface area contributed by atoms with Gasteiger partial charge in [-0.05, 0) is 26.2 Å². The number of aromatic amines is 1. The van der Waals surface area contributed by atoms with Crippen LogP contribution in [0.3, 0.4) is 0 Å². The van der Waals surface area contributed by atoms with Gasteiger partial charge in [-0.15, -0.1) is 0 Å². The van der Waals surface area contributed by atoms with Crippen molar-refractivity contribution in [3.8, 4) is 0 Å². The lowest BCUT2D eigenvalue weighted by atomic mass is 9.79. The molecule has 2 heterocycles. The molecule has 2 aromatic heterocycles. The number of aromatic nitrogens is 4. The molecule has 0 bridgehead atoms. The van der Waals surface area contributed by atoms with Gasteiger partial charge in [0.05, 0.1) is 0 Å². The van der Waals surface area contributed by atoms with E-state index in [9.17, 15) is 9.59 Å². The van der Waals surface area contributed by atoms with E-state index in [1.807, 2.05) is 0 Å². The lowest BCUT2D eigenvalue weighted by Gasteiger charge is -2.38. The van der Waals surface area contributed by atoms with Gasteiger partial charge in [0.25, 0.3) is 5.56 Å². The highest BCUT2D eigenvalue weighted by atomic mass is 16.2. The second-order valence-corrected chi connectivity index (χ2v) is 5.53. The zero-order chi connectivity index (χ0) is 13.8. The highest BCUT2D eigenvalue weighted by Gasteiger charge is 2.32. The summed E-state index contributed by atoms with van der Waals surface area (Å²) in [5, 5.41) is 3.31. The Kier molecular flexibility index (Phi) is 2.35. The van der Waals surface area contributed by atoms with Gasteiger partial charge in [-0.3, -0.25) is 13.9 Å². The fourth-order valence-electron chi connectivity index (χ4n) is 2.50. The molecule has 7 nitrogen and oxygen atoms in total. The summed E-state index contributed by atoms with van der Waals surface area (Å²) in [6.07, 6.45) is 3.37. The summed E-state index contributed by atoms with van der Waals surface area (Å²) in [6.45, 7) is 2.13. The lowest BCUT2D eigenvalue weighted by Crippen LogP contribution is -2.41. The maximum absolute atomic E-state index is 12.0. The molecule has 1 aliphatic rings. The van der Waals surface area contributed by atoms with Crippen molar-refractivity contribution >= 4 is 17.1 Å². The number of nitrogens with zero attached hydrogens (tertiary/aromatic N) is 3. The van der Waals surface area contributed by atoms with Crippen LogP contribution >= 0.6 is 0 Å². The molecule has 2 N–H and O–H groups in total. The molecule has 0 atom stereocenters. The number of anilines is 1. The topological polar surface area (TPSA) is 84.7 Å². The first-order valence-electron chi connectivity index (χ1n) is 6.35. The molecular weight excluding hydrogens is 246 g/mol. The van der Waals surface area contributed by atoms with E-state index in [0.29, 0.717) is 17.1 Å². The molecule has 0 radical (unpaired) electrons. The van der Waals surface area contributed by atoms with Crippen LogP contribution in [0.2, 0.25) is 0 Å². The van der Waals surface area contributed by atoms with Gasteiger partial charge in [-0.1, -0.05) is 0 Å². The Hall–Kier alpha value is -2.05. The molecule has 3 rings (SSSR count). The first-order valence-corrected chi connectivity index (χ1v) is 6.35. The molecule has 19 heavy (non-hydrogen) atoms. The standard InChI is InChI=1S/C12H17N5O2/c1-12(5-4-6-12)15-10-13-7-8(14-10)16(2)11(19)17(3)9(7)18/h4-6H2,1-3H3,(H2,13,14,15). The summed E-state index contributed by atoms with van der Waals surface area (Å²) in [6, 6.07) is 0. The second-order valence-electron chi connectivity index (χ2n) is 5.53. The maximum atomic E-state index is 12.0. The van der Waals surface area contributed by atoms with E-state index in [0.717, 1.165) is 17.4 Å². The van der Waals surface area contributed by atoms with Crippen molar-refractivity contribution in [1.29, 1.82) is 0 Å². The van der Waals surface area contributed by atoms with Crippen molar-refractivity contribution in [1.82, 2.24) is 19.1 Å². The van der Waals surface area contributed by atoms with E-state index in [1.165, 1.54) is 18.0 Å². The summed E-state index contributed by atoms with van der Waals surface area (Å²) >= 11 is 0. The summed E-state index contributed by atoms with van der Waals surface area (Å²) in [7, 11) is 3.07. The molecule has 1 saturated carbocycles. The van der Waals surface area contributed by atoms with Crippen molar-refractivity contribution < 1.29 is 0 Å². The van der Waals surface area contributed by atoms with Gasteiger partial charge >= 0.3 is 5.69 Å². The van der Waals surface area contributed by atoms with Crippen molar-refractivity contribution in [2.24, 2.45) is 14.1 Å². The van der Waals surface area contributed by atoms with E-state index >= 15 is 0 Å².